The fraction of sp³-hybridized carbons (Fsp3) is 0.667. The van der Waals surface area contributed by atoms with E-state index in [0.29, 0.717) is 17.9 Å². The number of aromatic nitrogens is 3. The molecule has 6 heteroatoms. The highest BCUT2D eigenvalue weighted by molar-refractivity contribution is 5.28. The van der Waals surface area contributed by atoms with E-state index in [4.69, 9.17) is 9.84 Å². The van der Waals surface area contributed by atoms with Crippen molar-refractivity contribution in [3.63, 3.8) is 0 Å². The Morgan fingerprint density at radius 2 is 1.77 bits per heavy atom. The Morgan fingerprint density at radius 1 is 1.07 bits per heavy atom. The number of nitrogens with zero attached hydrogens (tertiary/aromatic N) is 4. The van der Waals surface area contributed by atoms with Gasteiger partial charge in [-0.2, -0.15) is 5.10 Å². The van der Waals surface area contributed by atoms with E-state index in [-0.39, 0.29) is 6.10 Å². The van der Waals surface area contributed by atoms with Crippen LogP contribution in [0.1, 0.15) is 61.1 Å². The molecule has 0 unspecified atom stereocenters. The second-order valence-corrected chi connectivity index (χ2v) is 9.63. The summed E-state index contributed by atoms with van der Waals surface area (Å²) < 4.78 is 8.38. The van der Waals surface area contributed by atoms with Gasteiger partial charge >= 0.3 is 0 Å². The van der Waals surface area contributed by atoms with E-state index in [0.717, 1.165) is 55.3 Å². The zero-order valence-electron chi connectivity index (χ0n) is 19.2. The predicted octanol–water partition coefficient (Wildman–Crippen LogP) is 3.74. The van der Waals surface area contributed by atoms with Crippen molar-refractivity contribution in [2.75, 3.05) is 13.1 Å². The maximum absolute atomic E-state index is 10.8. The molecular weight excluding hydrogens is 376 g/mol. The number of pyridine rings is 1. The second-order valence-electron chi connectivity index (χ2n) is 9.63. The third-order valence-electron chi connectivity index (χ3n) is 6.96. The van der Waals surface area contributed by atoms with Gasteiger partial charge in [-0.05, 0) is 78.4 Å². The first-order valence-corrected chi connectivity index (χ1v) is 11.3. The fourth-order valence-electron chi connectivity index (χ4n) is 5.36. The van der Waals surface area contributed by atoms with Gasteiger partial charge in [-0.3, -0.25) is 14.6 Å². The number of hydrogen-bond donors (Lipinski definition) is 1. The van der Waals surface area contributed by atoms with Crippen LogP contribution in [-0.4, -0.2) is 50.1 Å². The van der Waals surface area contributed by atoms with Crippen LogP contribution in [0.2, 0.25) is 0 Å². The smallest absolute Gasteiger partial charge is 0.141 e. The van der Waals surface area contributed by atoms with Crippen molar-refractivity contribution in [1.29, 1.82) is 0 Å². The third kappa shape index (κ3) is 4.12. The molecule has 4 rings (SSSR count). The molecule has 1 saturated heterocycles. The summed E-state index contributed by atoms with van der Waals surface area (Å²) in [5.74, 6) is 1.90. The highest BCUT2D eigenvalue weighted by Gasteiger charge is 2.43. The molecule has 164 valence electrons. The third-order valence-corrected chi connectivity index (χ3v) is 6.96. The minimum absolute atomic E-state index is 0.151. The van der Waals surface area contributed by atoms with Crippen LogP contribution < -0.4 is 4.74 Å². The highest BCUT2D eigenvalue weighted by atomic mass is 16.5. The summed E-state index contributed by atoms with van der Waals surface area (Å²) in [6, 6.07) is 4.33. The molecule has 1 saturated carbocycles. The number of ether oxygens (including phenoxy) is 1. The van der Waals surface area contributed by atoms with E-state index in [1.54, 1.807) is 0 Å². The number of aliphatic hydroxyl groups excluding tert-OH is 1. The molecule has 1 aliphatic heterocycles. The summed E-state index contributed by atoms with van der Waals surface area (Å²) in [6.07, 6.45) is 1.15. The zero-order valence-corrected chi connectivity index (χ0v) is 19.2. The summed E-state index contributed by atoms with van der Waals surface area (Å²) in [5.41, 5.74) is 5.66. The Balaban J connectivity index is 1.42. The molecule has 0 bridgehead atoms. The monoisotopic (exact) mass is 412 g/mol. The molecule has 0 aromatic carbocycles. The average Bonchev–Trinajstić information content (AvgIpc) is 3.19. The van der Waals surface area contributed by atoms with Crippen molar-refractivity contribution in [3.8, 4) is 5.75 Å². The van der Waals surface area contributed by atoms with Gasteiger partial charge in [0.15, 0.2) is 0 Å². The summed E-state index contributed by atoms with van der Waals surface area (Å²) in [6.45, 7) is 15.7. The molecule has 2 aromatic rings. The summed E-state index contributed by atoms with van der Waals surface area (Å²) >= 11 is 0. The van der Waals surface area contributed by atoms with Gasteiger partial charge < -0.3 is 9.84 Å². The maximum atomic E-state index is 10.8. The van der Waals surface area contributed by atoms with Crippen LogP contribution in [-0.2, 0) is 6.54 Å². The predicted molar refractivity (Wildman–Crippen MR) is 118 cm³/mol. The number of fused-ring (bicyclic) bond motifs is 1. The average molecular weight is 413 g/mol. The first-order chi connectivity index (χ1) is 14.2. The molecule has 3 heterocycles. The van der Waals surface area contributed by atoms with Crippen LogP contribution in [0.15, 0.2) is 12.1 Å². The van der Waals surface area contributed by atoms with E-state index in [9.17, 15) is 5.11 Å². The molecule has 6 nitrogen and oxygen atoms in total. The van der Waals surface area contributed by atoms with Crippen molar-refractivity contribution in [3.05, 3.63) is 40.5 Å². The minimum Gasteiger partial charge on any atom is -0.486 e. The van der Waals surface area contributed by atoms with E-state index in [2.05, 4.69) is 42.3 Å². The highest BCUT2D eigenvalue weighted by Crippen LogP contribution is 2.39. The van der Waals surface area contributed by atoms with Crippen LogP contribution in [0.5, 0.6) is 5.75 Å². The first-order valence-electron chi connectivity index (χ1n) is 11.3. The summed E-state index contributed by atoms with van der Waals surface area (Å²) in [4.78, 5) is 7.04. The molecule has 1 aliphatic carbocycles. The van der Waals surface area contributed by atoms with Crippen LogP contribution in [0.4, 0.5) is 0 Å². The molecule has 2 aliphatic rings. The number of aryl methyl sites for hydroxylation is 3. The lowest BCUT2D eigenvalue weighted by Gasteiger charge is -2.35. The number of likely N-dealkylation sites (tertiary alicyclic amines) is 1. The van der Waals surface area contributed by atoms with Gasteiger partial charge in [0.25, 0.3) is 0 Å². The molecule has 4 atom stereocenters. The normalized spacial score (nSPS) is 26.9. The molecule has 0 amide bonds. The van der Waals surface area contributed by atoms with E-state index < -0.39 is 6.10 Å². The van der Waals surface area contributed by atoms with Crippen molar-refractivity contribution in [2.24, 2.45) is 11.8 Å². The van der Waals surface area contributed by atoms with Crippen molar-refractivity contribution in [2.45, 2.75) is 79.2 Å². The largest absolute Gasteiger partial charge is 0.486 e. The topological polar surface area (TPSA) is 63.4 Å². The molecule has 0 radical (unpaired) electrons. The second kappa shape index (κ2) is 8.31. The van der Waals surface area contributed by atoms with Gasteiger partial charge in [0.2, 0.25) is 0 Å². The van der Waals surface area contributed by atoms with Gasteiger partial charge in [-0.25, -0.2) is 0 Å². The van der Waals surface area contributed by atoms with E-state index >= 15 is 0 Å². The van der Waals surface area contributed by atoms with Gasteiger partial charge in [0, 0.05) is 42.6 Å². The number of aliphatic hydroxyl groups is 1. The maximum Gasteiger partial charge on any atom is 0.141 e. The lowest BCUT2D eigenvalue weighted by atomic mass is 9.78. The first kappa shape index (κ1) is 21.3. The zero-order chi connectivity index (χ0) is 21.6. The van der Waals surface area contributed by atoms with Crippen molar-refractivity contribution >= 4 is 0 Å². The van der Waals surface area contributed by atoms with Gasteiger partial charge in [-0.1, -0.05) is 0 Å². The molecule has 30 heavy (non-hydrogen) atoms. The quantitative estimate of drug-likeness (QED) is 0.810. The van der Waals surface area contributed by atoms with E-state index in [1.165, 1.54) is 11.3 Å². The van der Waals surface area contributed by atoms with Gasteiger partial charge in [0.05, 0.1) is 17.5 Å². The van der Waals surface area contributed by atoms with E-state index in [1.807, 2.05) is 26.0 Å². The molecule has 2 fully saturated rings. The lowest BCUT2D eigenvalue weighted by Crippen LogP contribution is -2.42. The van der Waals surface area contributed by atoms with Crippen LogP contribution >= 0.6 is 0 Å². The Morgan fingerprint density at radius 3 is 2.40 bits per heavy atom. The number of rotatable bonds is 5. The van der Waals surface area contributed by atoms with Crippen molar-refractivity contribution < 1.29 is 9.84 Å². The Labute approximate surface area is 180 Å². The SMILES string of the molecule is Cc1ccc(O[C@@H]2C[C@@H]3CN(Cc4c(C)nn(C(C)C)c4C)C[C@@H]3C[C@H]2O)c(C)n1. The van der Waals surface area contributed by atoms with Crippen LogP contribution in [0, 0.1) is 39.5 Å². The Hall–Kier alpha value is -1.92. The van der Waals surface area contributed by atoms with Crippen LogP contribution in [0.25, 0.3) is 0 Å². The van der Waals surface area contributed by atoms with Gasteiger partial charge in [-0.15, -0.1) is 0 Å². The summed E-state index contributed by atoms with van der Waals surface area (Å²) in [5, 5.41) is 15.5. The molecule has 1 N–H and O–H groups in total. The van der Waals surface area contributed by atoms with Crippen LogP contribution in [0.3, 0.4) is 0 Å². The van der Waals surface area contributed by atoms with Crippen molar-refractivity contribution in [1.82, 2.24) is 19.7 Å². The number of hydrogen-bond acceptors (Lipinski definition) is 5. The minimum atomic E-state index is -0.418. The fourth-order valence-corrected chi connectivity index (χ4v) is 5.36. The summed E-state index contributed by atoms with van der Waals surface area (Å²) in [7, 11) is 0. The molecule has 0 spiro atoms. The Kier molecular flexibility index (Phi) is 5.90. The Bertz CT molecular complexity index is 907. The molecular formula is C24H36N4O2. The standard InChI is InChI=1S/C24H36N4O2/c1-14(2)28-18(6)21(16(4)26-28)13-27-11-19-9-22(29)24(10-20(19)12-27)30-23-8-7-15(3)25-17(23)5/h7-8,14,19-20,22,24,29H,9-13H2,1-6H3/t19-,20+,22+,24+/m0/s1. The van der Waals surface area contributed by atoms with Gasteiger partial charge in [0.1, 0.15) is 11.9 Å². The molecule has 2 aromatic heterocycles. The lowest BCUT2D eigenvalue weighted by molar-refractivity contribution is -0.0236.